The van der Waals surface area contributed by atoms with Gasteiger partial charge in [-0.3, -0.25) is 0 Å². The topological polar surface area (TPSA) is 34.1 Å². The van der Waals surface area contributed by atoms with Gasteiger partial charge in [0.05, 0.1) is 6.20 Å². The van der Waals surface area contributed by atoms with Crippen molar-refractivity contribution in [3.05, 3.63) is 23.6 Å². The fourth-order valence-electron chi connectivity index (χ4n) is 2.95. The Balaban J connectivity index is 2.10. The Morgan fingerprint density at radius 3 is 2.86 bits per heavy atom. The smallest absolute Gasteiger partial charge is 0.218 e. The highest BCUT2D eigenvalue weighted by atomic mass is 19.1. The standard InChI is InChI=1S/C17H27FN2O/c1-4-13-7-5-6-8-16(13)21-17-14(10-19-12(2)3)9-15(18)11-20-17/h9,11-13,16,19H,4-8,10H2,1-3H3. The van der Waals surface area contributed by atoms with E-state index in [4.69, 9.17) is 4.74 Å². The molecule has 1 aromatic heterocycles. The van der Waals surface area contributed by atoms with Crippen molar-refractivity contribution < 1.29 is 9.13 Å². The molecule has 1 aliphatic rings. The van der Waals surface area contributed by atoms with Crippen molar-refractivity contribution in [2.24, 2.45) is 5.92 Å². The Hall–Kier alpha value is -1.16. The maximum atomic E-state index is 13.4. The molecule has 2 unspecified atom stereocenters. The predicted octanol–water partition coefficient (Wildman–Crippen LogP) is 4.07. The van der Waals surface area contributed by atoms with E-state index in [1.54, 1.807) is 0 Å². The van der Waals surface area contributed by atoms with E-state index < -0.39 is 0 Å². The second-order valence-electron chi connectivity index (χ2n) is 6.26. The van der Waals surface area contributed by atoms with Gasteiger partial charge in [0.1, 0.15) is 11.9 Å². The molecule has 0 amide bonds. The van der Waals surface area contributed by atoms with E-state index in [2.05, 4.69) is 31.1 Å². The van der Waals surface area contributed by atoms with Crippen LogP contribution in [0.25, 0.3) is 0 Å². The van der Waals surface area contributed by atoms with Gasteiger partial charge in [0.2, 0.25) is 5.88 Å². The Labute approximate surface area is 127 Å². The maximum absolute atomic E-state index is 13.4. The summed E-state index contributed by atoms with van der Waals surface area (Å²) in [7, 11) is 0. The number of nitrogens with one attached hydrogen (secondary N) is 1. The summed E-state index contributed by atoms with van der Waals surface area (Å²) in [6, 6.07) is 1.88. The SMILES string of the molecule is CCC1CCCCC1Oc1ncc(F)cc1CNC(C)C. The van der Waals surface area contributed by atoms with Crippen LogP contribution < -0.4 is 10.1 Å². The summed E-state index contributed by atoms with van der Waals surface area (Å²) in [6.45, 7) is 6.94. The van der Waals surface area contributed by atoms with Gasteiger partial charge in [0, 0.05) is 18.2 Å². The average molecular weight is 294 g/mol. The van der Waals surface area contributed by atoms with Gasteiger partial charge in [-0.2, -0.15) is 0 Å². The van der Waals surface area contributed by atoms with Crippen LogP contribution in [-0.4, -0.2) is 17.1 Å². The zero-order chi connectivity index (χ0) is 15.2. The molecule has 1 heterocycles. The van der Waals surface area contributed by atoms with Crippen molar-refractivity contribution in [3.8, 4) is 5.88 Å². The summed E-state index contributed by atoms with van der Waals surface area (Å²) < 4.78 is 19.6. The first kappa shape index (κ1) is 16.2. The molecule has 4 heteroatoms. The van der Waals surface area contributed by atoms with Gasteiger partial charge >= 0.3 is 0 Å². The number of nitrogens with zero attached hydrogens (tertiary/aromatic N) is 1. The van der Waals surface area contributed by atoms with Gasteiger partial charge < -0.3 is 10.1 Å². The van der Waals surface area contributed by atoms with E-state index in [1.165, 1.54) is 31.5 Å². The van der Waals surface area contributed by atoms with Crippen LogP contribution >= 0.6 is 0 Å². The first-order valence-electron chi connectivity index (χ1n) is 8.14. The number of hydrogen-bond acceptors (Lipinski definition) is 3. The van der Waals surface area contributed by atoms with Crippen LogP contribution in [-0.2, 0) is 6.54 Å². The van der Waals surface area contributed by atoms with Crippen molar-refractivity contribution in [2.75, 3.05) is 0 Å². The molecule has 0 aliphatic heterocycles. The highest BCUT2D eigenvalue weighted by Crippen LogP contribution is 2.31. The molecule has 0 spiro atoms. The van der Waals surface area contributed by atoms with E-state index in [0.717, 1.165) is 18.4 Å². The monoisotopic (exact) mass is 294 g/mol. The third-order valence-corrected chi connectivity index (χ3v) is 4.22. The molecule has 1 fully saturated rings. The van der Waals surface area contributed by atoms with Crippen LogP contribution in [0.5, 0.6) is 5.88 Å². The molecule has 1 aliphatic carbocycles. The molecule has 3 nitrogen and oxygen atoms in total. The highest BCUT2D eigenvalue weighted by molar-refractivity contribution is 5.26. The zero-order valence-electron chi connectivity index (χ0n) is 13.4. The fourth-order valence-corrected chi connectivity index (χ4v) is 2.95. The first-order valence-corrected chi connectivity index (χ1v) is 8.14. The molecule has 0 aromatic carbocycles. The molecule has 118 valence electrons. The number of pyridine rings is 1. The normalized spacial score (nSPS) is 22.5. The second-order valence-corrected chi connectivity index (χ2v) is 6.26. The molecule has 0 saturated heterocycles. The van der Waals surface area contributed by atoms with E-state index in [0.29, 0.717) is 24.4 Å². The quantitative estimate of drug-likeness (QED) is 0.859. The third kappa shape index (κ3) is 4.67. The van der Waals surface area contributed by atoms with Crippen molar-refractivity contribution in [3.63, 3.8) is 0 Å². The zero-order valence-corrected chi connectivity index (χ0v) is 13.4. The average Bonchev–Trinajstić information content (AvgIpc) is 2.48. The number of hydrogen-bond donors (Lipinski definition) is 1. The Kier molecular flexibility index (Phi) is 5.97. The summed E-state index contributed by atoms with van der Waals surface area (Å²) in [4.78, 5) is 4.18. The van der Waals surface area contributed by atoms with Crippen molar-refractivity contribution >= 4 is 0 Å². The van der Waals surface area contributed by atoms with Crippen molar-refractivity contribution in [1.29, 1.82) is 0 Å². The lowest BCUT2D eigenvalue weighted by Crippen LogP contribution is -2.31. The molecular weight excluding hydrogens is 267 g/mol. The van der Waals surface area contributed by atoms with E-state index in [9.17, 15) is 4.39 Å². The van der Waals surface area contributed by atoms with Gasteiger partial charge in [-0.1, -0.05) is 27.2 Å². The van der Waals surface area contributed by atoms with Crippen LogP contribution in [0.15, 0.2) is 12.3 Å². The maximum Gasteiger partial charge on any atom is 0.218 e. The molecule has 0 bridgehead atoms. The number of rotatable bonds is 6. The largest absolute Gasteiger partial charge is 0.474 e. The number of aromatic nitrogens is 1. The molecule has 21 heavy (non-hydrogen) atoms. The van der Waals surface area contributed by atoms with Gasteiger partial charge in [-0.25, -0.2) is 9.37 Å². The molecular formula is C17H27FN2O. The third-order valence-electron chi connectivity index (χ3n) is 4.22. The lowest BCUT2D eigenvalue weighted by atomic mass is 9.85. The van der Waals surface area contributed by atoms with Gasteiger partial charge in [0.15, 0.2) is 0 Å². The minimum Gasteiger partial charge on any atom is -0.474 e. The minimum absolute atomic E-state index is 0.222. The highest BCUT2D eigenvalue weighted by Gasteiger charge is 2.26. The lowest BCUT2D eigenvalue weighted by molar-refractivity contribution is 0.0844. The molecule has 1 aromatic rings. The Morgan fingerprint density at radius 2 is 2.14 bits per heavy atom. The summed E-state index contributed by atoms with van der Waals surface area (Å²) in [5.74, 6) is 0.880. The van der Waals surface area contributed by atoms with E-state index >= 15 is 0 Å². The molecule has 2 rings (SSSR count). The predicted molar refractivity (Wildman–Crippen MR) is 82.8 cm³/mol. The van der Waals surface area contributed by atoms with Gasteiger partial charge in [-0.05, 0) is 37.7 Å². The summed E-state index contributed by atoms with van der Waals surface area (Å²) in [5.41, 5.74) is 0.809. The van der Waals surface area contributed by atoms with Crippen molar-refractivity contribution in [2.45, 2.75) is 71.6 Å². The molecule has 2 atom stereocenters. The van der Waals surface area contributed by atoms with Crippen LogP contribution in [0.3, 0.4) is 0 Å². The van der Waals surface area contributed by atoms with E-state index in [-0.39, 0.29) is 11.9 Å². The van der Waals surface area contributed by atoms with Crippen molar-refractivity contribution in [1.82, 2.24) is 10.3 Å². The lowest BCUT2D eigenvalue weighted by Gasteiger charge is -2.31. The minimum atomic E-state index is -0.307. The Bertz CT molecular complexity index is 450. The van der Waals surface area contributed by atoms with Gasteiger partial charge in [0.25, 0.3) is 0 Å². The molecule has 0 radical (unpaired) electrons. The van der Waals surface area contributed by atoms with E-state index in [1.807, 2.05) is 0 Å². The summed E-state index contributed by atoms with van der Waals surface area (Å²) in [6.07, 6.45) is 7.40. The Morgan fingerprint density at radius 1 is 1.38 bits per heavy atom. The van der Waals surface area contributed by atoms with Crippen LogP contribution in [0.1, 0.15) is 58.4 Å². The van der Waals surface area contributed by atoms with Gasteiger partial charge in [-0.15, -0.1) is 0 Å². The summed E-state index contributed by atoms with van der Waals surface area (Å²) >= 11 is 0. The number of halogens is 1. The molecule has 1 N–H and O–H groups in total. The van der Waals surface area contributed by atoms with Crippen LogP contribution in [0, 0.1) is 11.7 Å². The summed E-state index contributed by atoms with van der Waals surface area (Å²) in [5, 5.41) is 3.31. The number of ether oxygens (including phenoxy) is 1. The van der Waals surface area contributed by atoms with Crippen LogP contribution in [0.2, 0.25) is 0 Å². The van der Waals surface area contributed by atoms with Crippen LogP contribution in [0.4, 0.5) is 4.39 Å². The fraction of sp³-hybridized carbons (Fsp3) is 0.706. The first-order chi connectivity index (χ1) is 10.1. The second kappa shape index (κ2) is 7.74. The molecule has 1 saturated carbocycles.